The molecule has 0 amide bonds. The third kappa shape index (κ3) is 5.35. The fourth-order valence-corrected chi connectivity index (χ4v) is 2.14. The summed E-state index contributed by atoms with van der Waals surface area (Å²) in [6.07, 6.45) is 4.12. The Bertz CT molecular complexity index is 356. The van der Waals surface area contributed by atoms with Crippen molar-refractivity contribution in [2.45, 2.75) is 45.9 Å². The number of rotatable bonds is 7. The molecule has 4 nitrogen and oxygen atoms in total. The molecule has 1 fully saturated rings. The molecule has 2 rings (SSSR count). The van der Waals surface area contributed by atoms with Crippen molar-refractivity contribution >= 4 is 0 Å². The second-order valence-corrected chi connectivity index (χ2v) is 5.57. The van der Waals surface area contributed by atoms with E-state index in [1.54, 1.807) is 0 Å². The highest BCUT2D eigenvalue weighted by molar-refractivity contribution is 5.12. The van der Waals surface area contributed by atoms with Gasteiger partial charge in [0.1, 0.15) is 12.4 Å². The van der Waals surface area contributed by atoms with Gasteiger partial charge in [0.05, 0.1) is 12.4 Å². The van der Waals surface area contributed by atoms with Gasteiger partial charge >= 0.3 is 0 Å². The van der Waals surface area contributed by atoms with Crippen LogP contribution in [0.1, 0.15) is 38.0 Å². The van der Waals surface area contributed by atoms with Crippen LogP contribution >= 0.6 is 0 Å². The average molecular weight is 267 g/mol. The summed E-state index contributed by atoms with van der Waals surface area (Å²) in [5.41, 5.74) is 1.19. The van der Waals surface area contributed by atoms with Crippen LogP contribution in [-0.2, 0) is 22.6 Å². The molecule has 0 saturated carbocycles. The Morgan fingerprint density at radius 1 is 1.37 bits per heavy atom. The van der Waals surface area contributed by atoms with Crippen LogP contribution < -0.4 is 5.32 Å². The highest BCUT2D eigenvalue weighted by Gasteiger charge is 2.14. The van der Waals surface area contributed by atoms with E-state index in [-0.39, 0.29) is 0 Å². The predicted molar refractivity (Wildman–Crippen MR) is 73.9 cm³/mol. The summed E-state index contributed by atoms with van der Waals surface area (Å²) in [4.78, 5) is 0. The van der Waals surface area contributed by atoms with Crippen molar-refractivity contribution in [3.8, 4) is 0 Å². The molecular weight excluding hydrogens is 242 g/mol. The maximum Gasteiger partial charge on any atom is 0.129 e. The summed E-state index contributed by atoms with van der Waals surface area (Å²) in [6, 6.07) is 2.08. The van der Waals surface area contributed by atoms with Crippen molar-refractivity contribution in [1.82, 2.24) is 5.32 Å². The zero-order valence-electron chi connectivity index (χ0n) is 12.0. The van der Waals surface area contributed by atoms with Crippen LogP contribution in [0.3, 0.4) is 0 Å². The smallest absolute Gasteiger partial charge is 0.129 e. The fraction of sp³-hybridized carbons (Fsp3) is 0.733. The lowest BCUT2D eigenvalue weighted by Crippen LogP contribution is -2.23. The minimum Gasteiger partial charge on any atom is -0.467 e. The molecule has 1 aliphatic rings. The van der Waals surface area contributed by atoms with E-state index in [1.807, 2.05) is 6.26 Å². The zero-order chi connectivity index (χ0) is 13.5. The van der Waals surface area contributed by atoms with Crippen LogP contribution in [-0.4, -0.2) is 25.9 Å². The van der Waals surface area contributed by atoms with Crippen LogP contribution in [0.2, 0.25) is 0 Å². The third-order valence-electron chi connectivity index (χ3n) is 3.22. The average Bonchev–Trinajstić information content (AvgIpc) is 2.85. The topological polar surface area (TPSA) is 43.6 Å². The van der Waals surface area contributed by atoms with Gasteiger partial charge in [-0.3, -0.25) is 0 Å². The minimum atomic E-state index is 0.321. The summed E-state index contributed by atoms with van der Waals surface area (Å²) in [5.74, 6) is 1.58. The molecule has 1 aromatic rings. The molecule has 0 aliphatic carbocycles. The Hall–Kier alpha value is -0.840. The summed E-state index contributed by atoms with van der Waals surface area (Å²) in [7, 11) is 0. The van der Waals surface area contributed by atoms with Crippen LogP contribution in [0.15, 0.2) is 16.7 Å². The van der Waals surface area contributed by atoms with Crippen molar-refractivity contribution in [3.63, 3.8) is 0 Å². The van der Waals surface area contributed by atoms with Crippen LogP contribution in [0.5, 0.6) is 0 Å². The number of hydrogen-bond donors (Lipinski definition) is 1. The van der Waals surface area contributed by atoms with E-state index in [9.17, 15) is 0 Å². The lowest BCUT2D eigenvalue weighted by molar-refractivity contribution is -0.0433. The Morgan fingerprint density at radius 2 is 2.16 bits per heavy atom. The van der Waals surface area contributed by atoms with E-state index in [0.29, 0.717) is 18.6 Å². The maximum absolute atomic E-state index is 5.83. The standard InChI is InChI=1S/C15H25NO3/c1-12(2)8-16-9-13-7-15(18-10-13)11-19-14-3-5-17-6-4-14/h7,10,12,14,16H,3-6,8-9,11H2,1-2H3. The number of ether oxygens (including phenoxy) is 2. The molecule has 0 atom stereocenters. The Kier molecular flexibility index (Phi) is 5.89. The molecule has 0 aromatic carbocycles. The van der Waals surface area contributed by atoms with E-state index in [1.165, 1.54) is 5.56 Å². The monoisotopic (exact) mass is 267 g/mol. The highest BCUT2D eigenvalue weighted by Crippen LogP contribution is 2.15. The normalized spacial score (nSPS) is 17.2. The van der Waals surface area contributed by atoms with Gasteiger partial charge in [-0.15, -0.1) is 0 Å². The molecule has 108 valence electrons. The highest BCUT2D eigenvalue weighted by atomic mass is 16.5. The third-order valence-corrected chi connectivity index (χ3v) is 3.22. The van der Waals surface area contributed by atoms with Crippen molar-refractivity contribution in [2.75, 3.05) is 19.8 Å². The predicted octanol–water partition coefficient (Wildman–Crippen LogP) is 2.72. The lowest BCUT2D eigenvalue weighted by Gasteiger charge is -2.21. The van der Waals surface area contributed by atoms with Crippen molar-refractivity contribution < 1.29 is 13.9 Å². The van der Waals surface area contributed by atoms with Crippen LogP contribution in [0, 0.1) is 5.92 Å². The Balaban J connectivity index is 1.68. The SMILES string of the molecule is CC(C)CNCc1coc(COC2CCOCC2)c1. The molecule has 1 aliphatic heterocycles. The van der Waals surface area contributed by atoms with Crippen LogP contribution in [0.4, 0.5) is 0 Å². The molecule has 1 N–H and O–H groups in total. The molecule has 0 bridgehead atoms. The maximum atomic E-state index is 5.83. The summed E-state index contributed by atoms with van der Waals surface area (Å²) in [5, 5.41) is 3.40. The fourth-order valence-electron chi connectivity index (χ4n) is 2.14. The van der Waals surface area contributed by atoms with Crippen molar-refractivity contribution in [3.05, 3.63) is 23.7 Å². The first kappa shape index (κ1) is 14.6. The first-order valence-electron chi connectivity index (χ1n) is 7.20. The molecule has 19 heavy (non-hydrogen) atoms. The molecule has 2 heterocycles. The van der Waals surface area contributed by atoms with Gasteiger partial charge in [0.25, 0.3) is 0 Å². The van der Waals surface area contributed by atoms with Gasteiger partial charge < -0.3 is 19.2 Å². The van der Waals surface area contributed by atoms with Crippen molar-refractivity contribution in [2.24, 2.45) is 5.92 Å². The molecule has 0 unspecified atom stereocenters. The number of furan rings is 1. The molecule has 1 aromatic heterocycles. The molecule has 0 radical (unpaired) electrons. The Labute approximate surface area is 115 Å². The van der Waals surface area contributed by atoms with Gasteiger partial charge in [0.2, 0.25) is 0 Å². The van der Waals surface area contributed by atoms with Gasteiger partial charge in [-0.2, -0.15) is 0 Å². The van der Waals surface area contributed by atoms with E-state index < -0.39 is 0 Å². The van der Waals surface area contributed by atoms with Gasteiger partial charge in [0.15, 0.2) is 0 Å². The minimum absolute atomic E-state index is 0.321. The van der Waals surface area contributed by atoms with Gasteiger partial charge in [-0.05, 0) is 31.4 Å². The number of hydrogen-bond acceptors (Lipinski definition) is 4. The van der Waals surface area contributed by atoms with E-state index in [2.05, 4.69) is 25.2 Å². The first-order valence-corrected chi connectivity index (χ1v) is 7.20. The van der Waals surface area contributed by atoms with E-state index in [0.717, 1.165) is 44.9 Å². The van der Waals surface area contributed by atoms with Gasteiger partial charge in [-0.25, -0.2) is 0 Å². The quantitative estimate of drug-likeness (QED) is 0.825. The van der Waals surface area contributed by atoms with Crippen LogP contribution in [0.25, 0.3) is 0 Å². The lowest BCUT2D eigenvalue weighted by atomic mass is 10.1. The summed E-state index contributed by atoms with van der Waals surface area (Å²) < 4.78 is 16.7. The summed E-state index contributed by atoms with van der Waals surface area (Å²) in [6.45, 7) is 8.48. The second-order valence-electron chi connectivity index (χ2n) is 5.57. The molecular formula is C15H25NO3. The first-order chi connectivity index (χ1) is 9.24. The van der Waals surface area contributed by atoms with Gasteiger partial charge in [-0.1, -0.05) is 13.8 Å². The van der Waals surface area contributed by atoms with Crippen molar-refractivity contribution in [1.29, 1.82) is 0 Å². The van der Waals surface area contributed by atoms with Gasteiger partial charge in [0, 0.05) is 25.3 Å². The molecule has 1 saturated heterocycles. The van der Waals surface area contributed by atoms with E-state index in [4.69, 9.17) is 13.9 Å². The summed E-state index contributed by atoms with van der Waals surface area (Å²) >= 11 is 0. The number of nitrogens with one attached hydrogen (secondary N) is 1. The molecule has 0 spiro atoms. The molecule has 4 heteroatoms. The zero-order valence-corrected chi connectivity index (χ0v) is 12.0. The largest absolute Gasteiger partial charge is 0.467 e. The second kappa shape index (κ2) is 7.68. The Morgan fingerprint density at radius 3 is 2.89 bits per heavy atom. The van der Waals surface area contributed by atoms with E-state index >= 15 is 0 Å².